The molecule has 1 aliphatic rings. The number of nitrogens with one attached hydrogen (secondary N) is 1. The van der Waals surface area contributed by atoms with Crippen molar-refractivity contribution in [2.45, 2.75) is 37.7 Å². The Bertz CT molecular complexity index is 1090. The van der Waals surface area contributed by atoms with E-state index < -0.39 is 23.5 Å². The van der Waals surface area contributed by atoms with Crippen molar-refractivity contribution in [3.05, 3.63) is 59.2 Å². The van der Waals surface area contributed by atoms with E-state index >= 15 is 0 Å². The van der Waals surface area contributed by atoms with Crippen LogP contribution in [-0.4, -0.2) is 42.7 Å². The van der Waals surface area contributed by atoms with Gasteiger partial charge in [-0.15, -0.1) is 0 Å². The molecule has 0 bridgehead atoms. The number of nitrogens with zero attached hydrogens (tertiary/aromatic N) is 1. The van der Waals surface area contributed by atoms with Gasteiger partial charge in [-0.05, 0) is 61.2 Å². The molecule has 1 saturated heterocycles. The highest BCUT2D eigenvalue weighted by Gasteiger charge is 2.37. The van der Waals surface area contributed by atoms with Gasteiger partial charge in [0, 0.05) is 36.3 Å². The number of hydrogen-bond donors (Lipinski definition) is 1. The van der Waals surface area contributed by atoms with Crippen LogP contribution in [0.25, 0.3) is 22.2 Å². The molecule has 1 atom stereocenters. The van der Waals surface area contributed by atoms with Gasteiger partial charge in [0.05, 0.1) is 17.7 Å². The topological polar surface area (TPSA) is 28.3 Å². The maximum atomic E-state index is 13.4. The van der Waals surface area contributed by atoms with Gasteiger partial charge in [-0.1, -0.05) is 18.2 Å². The average molecular weight is 470 g/mol. The molecular weight excluding hydrogens is 446 g/mol. The van der Waals surface area contributed by atoms with Crippen LogP contribution in [0.5, 0.6) is 0 Å². The van der Waals surface area contributed by atoms with Crippen molar-refractivity contribution in [1.82, 2.24) is 9.88 Å². The van der Waals surface area contributed by atoms with Gasteiger partial charge >= 0.3 is 12.4 Å². The monoisotopic (exact) mass is 470 g/mol. The van der Waals surface area contributed by atoms with Gasteiger partial charge in [0.25, 0.3) is 0 Å². The lowest BCUT2D eigenvalue weighted by atomic mass is 9.98. The zero-order valence-corrected chi connectivity index (χ0v) is 18.0. The molecule has 3 aromatic rings. The molecule has 0 radical (unpaired) electrons. The van der Waals surface area contributed by atoms with Crippen LogP contribution in [0, 0.1) is 0 Å². The van der Waals surface area contributed by atoms with Crippen LogP contribution in [0.1, 0.15) is 29.5 Å². The van der Waals surface area contributed by atoms with Gasteiger partial charge in [0.1, 0.15) is 0 Å². The standard InChI is InChI=1S/C24H24F6N2O/c1-33-14-18-5-4-9-32(18)10-8-20-19-6-2-3-7-21(19)31-22(20)15-11-16(23(25,26)27)13-17(12-15)24(28,29)30/h2-3,6-7,11-13,18,31H,4-5,8-10,14H2,1H3/t18-/m0/s1. The molecule has 178 valence electrons. The summed E-state index contributed by atoms with van der Waals surface area (Å²) in [4.78, 5) is 5.34. The van der Waals surface area contributed by atoms with Gasteiger partial charge in [0.15, 0.2) is 0 Å². The zero-order valence-electron chi connectivity index (χ0n) is 18.0. The van der Waals surface area contributed by atoms with Gasteiger partial charge < -0.3 is 9.72 Å². The van der Waals surface area contributed by atoms with Gasteiger partial charge in [0.2, 0.25) is 0 Å². The molecule has 1 fully saturated rings. The number of hydrogen-bond acceptors (Lipinski definition) is 2. The van der Waals surface area contributed by atoms with E-state index in [0.717, 1.165) is 36.9 Å². The van der Waals surface area contributed by atoms with Crippen LogP contribution < -0.4 is 0 Å². The van der Waals surface area contributed by atoms with Gasteiger partial charge in [-0.3, -0.25) is 4.90 Å². The number of benzene rings is 2. The van der Waals surface area contributed by atoms with Crippen LogP contribution in [0.4, 0.5) is 26.3 Å². The number of likely N-dealkylation sites (tertiary alicyclic amines) is 1. The van der Waals surface area contributed by atoms with E-state index in [1.807, 2.05) is 6.07 Å². The molecule has 1 N–H and O–H groups in total. The van der Waals surface area contributed by atoms with E-state index in [9.17, 15) is 26.3 Å². The predicted octanol–water partition coefficient (Wildman–Crippen LogP) is 6.53. The third kappa shape index (κ3) is 5.04. The van der Waals surface area contributed by atoms with Crippen LogP contribution in [-0.2, 0) is 23.5 Å². The van der Waals surface area contributed by atoms with Crippen LogP contribution in [0.3, 0.4) is 0 Å². The van der Waals surface area contributed by atoms with E-state index in [4.69, 9.17) is 4.74 Å². The summed E-state index contributed by atoms with van der Waals surface area (Å²) in [7, 11) is 1.64. The number of methoxy groups -OCH3 is 1. The van der Waals surface area contributed by atoms with Crippen molar-refractivity contribution in [3.8, 4) is 11.3 Å². The lowest BCUT2D eigenvalue weighted by Crippen LogP contribution is -2.34. The maximum Gasteiger partial charge on any atom is 0.416 e. The Morgan fingerprint density at radius 2 is 1.67 bits per heavy atom. The fourth-order valence-corrected chi connectivity index (χ4v) is 4.63. The van der Waals surface area contributed by atoms with E-state index in [0.29, 0.717) is 30.7 Å². The molecule has 2 aromatic carbocycles. The highest BCUT2D eigenvalue weighted by Crippen LogP contribution is 2.40. The Morgan fingerprint density at radius 3 is 2.30 bits per heavy atom. The van der Waals surface area contributed by atoms with E-state index in [1.54, 1.807) is 25.3 Å². The number of ether oxygens (including phenoxy) is 1. The smallest absolute Gasteiger partial charge is 0.383 e. The number of rotatable bonds is 6. The molecule has 1 aliphatic heterocycles. The first kappa shape index (κ1) is 23.6. The molecule has 9 heteroatoms. The Kier molecular flexibility index (Phi) is 6.46. The Morgan fingerprint density at radius 1 is 1.00 bits per heavy atom. The second-order valence-corrected chi connectivity index (χ2v) is 8.36. The normalized spacial score (nSPS) is 17.8. The van der Waals surface area contributed by atoms with Gasteiger partial charge in [-0.2, -0.15) is 26.3 Å². The molecule has 0 unspecified atom stereocenters. The molecule has 4 rings (SSSR count). The van der Waals surface area contributed by atoms with Crippen molar-refractivity contribution >= 4 is 10.9 Å². The highest BCUT2D eigenvalue weighted by atomic mass is 19.4. The molecule has 2 heterocycles. The first-order valence-corrected chi connectivity index (χ1v) is 10.7. The van der Waals surface area contributed by atoms with Crippen molar-refractivity contribution < 1.29 is 31.1 Å². The van der Waals surface area contributed by atoms with Crippen LogP contribution in [0.2, 0.25) is 0 Å². The Balaban J connectivity index is 1.78. The summed E-state index contributed by atoms with van der Waals surface area (Å²) in [6, 6.07) is 9.17. The molecule has 1 aromatic heterocycles. The average Bonchev–Trinajstić information content (AvgIpc) is 3.35. The largest absolute Gasteiger partial charge is 0.416 e. The second-order valence-electron chi connectivity index (χ2n) is 8.36. The lowest BCUT2D eigenvalue weighted by molar-refractivity contribution is -0.143. The Labute approximate surface area is 187 Å². The summed E-state index contributed by atoms with van der Waals surface area (Å²) >= 11 is 0. The van der Waals surface area contributed by atoms with Crippen molar-refractivity contribution in [3.63, 3.8) is 0 Å². The highest BCUT2D eigenvalue weighted by molar-refractivity contribution is 5.91. The SMILES string of the molecule is COC[C@@H]1CCCN1CCc1c(-c2cc(C(F)(F)F)cc(C(F)(F)F)c2)[nH]c2ccccc12. The third-order valence-electron chi connectivity index (χ3n) is 6.20. The summed E-state index contributed by atoms with van der Waals surface area (Å²) in [5.74, 6) is 0. The summed E-state index contributed by atoms with van der Waals surface area (Å²) < 4.78 is 85.9. The van der Waals surface area contributed by atoms with Crippen LogP contribution >= 0.6 is 0 Å². The summed E-state index contributed by atoms with van der Waals surface area (Å²) in [6.07, 6.45) is -7.29. The van der Waals surface area contributed by atoms with E-state index in [1.165, 1.54) is 0 Å². The number of para-hydroxylation sites is 1. The number of fused-ring (bicyclic) bond motifs is 1. The molecule has 0 saturated carbocycles. The molecule has 0 spiro atoms. The number of halogens is 6. The summed E-state index contributed by atoms with van der Waals surface area (Å²) in [6.45, 7) is 2.10. The minimum atomic E-state index is -4.90. The maximum absolute atomic E-state index is 13.4. The minimum absolute atomic E-state index is 0.127. The molecule has 0 amide bonds. The number of H-pyrrole nitrogens is 1. The van der Waals surface area contributed by atoms with Crippen molar-refractivity contribution in [2.75, 3.05) is 26.8 Å². The van der Waals surface area contributed by atoms with Crippen LogP contribution in [0.15, 0.2) is 42.5 Å². The van der Waals surface area contributed by atoms with E-state index in [2.05, 4.69) is 9.88 Å². The van der Waals surface area contributed by atoms with Gasteiger partial charge in [-0.25, -0.2) is 0 Å². The Hall–Kier alpha value is -2.52. The number of aromatic amines is 1. The molecule has 3 nitrogen and oxygen atoms in total. The van der Waals surface area contributed by atoms with Crippen molar-refractivity contribution in [1.29, 1.82) is 0 Å². The third-order valence-corrected chi connectivity index (χ3v) is 6.20. The molecular formula is C24H24F6N2O. The minimum Gasteiger partial charge on any atom is -0.383 e. The first-order valence-electron chi connectivity index (χ1n) is 10.7. The zero-order chi connectivity index (χ0) is 23.8. The molecule has 0 aliphatic carbocycles. The first-order chi connectivity index (χ1) is 15.6. The summed E-state index contributed by atoms with van der Waals surface area (Å²) in [5, 5.41) is 0.793. The summed E-state index contributed by atoms with van der Waals surface area (Å²) in [5.41, 5.74) is -1.11. The molecule has 33 heavy (non-hydrogen) atoms. The van der Waals surface area contributed by atoms with Crippen molar-refractivity contribution in [2.24, 2.45) is 0 Å². The van der Waals surface area contributed by atoms with E-state index in [-0.39, 0.29) is 23.4 Å². The quantitative estimate of drug-likeness (QED) is 0.415. The lowest BCUT2D eigenvalue weighted by Gasteiger charge is -2.24. The second kappa shape index (κ2) is 9.02. The fraction of sp³-hybridized carbons (Fsp3) is 0.417. The number of aromatic nitrogens is 1. The number of alkyl halides is 6. The fourth-order valence-electron chi connectivity index (χ4n) is 4.63. The predicted molar refractivity (Wildman–Crippen MR) is 114 cm³/mol.